The van der Waals surface area contributed by atoms with Gasteiger partial charge in [-0.2, -0.15) is 0 Å². The van der Waals surface area contributed by atoms with Crippen molar-refractivity contribution in [2.75, 3.05) is 6.61 Å². The highest BCUT2D eigenvalue weighted by atomic mass is 16.5. The zero-order chi connectivity index (χ0) is 12.3. The first-order valence-corrected chi connectivity index (χ1v) is 5.63. The number of hydrogen-bond donors (Lipinski definition) is 1. The number of ether oxygens (including phenoxy) is 1. The third-order valence-corrected chi connectivity index (χ3v) is 2.56. The topological polar surface area (TPSA) is 42.1 Å². The van der Waals surface area contributed by atoms with Crippen molar-refractivity contribution in [1.29, 1.82) is 0 Å². The van der Waals surface area contributed by atoms with E-state index in [9.17, 15) is 4.79 Å². The van der Waals surface area contributed by atoms with Gasteiger partial charge < -0.3 is 9.72 Å². The molecule has 0 spiro atoms. The highest BCUT2D eigenvalue weighted by Gasteiger charge is 2.04. The lowest BCUT2D eigenvalue weighted by atomic mass is 10.1. The zero-order valence-corrected chi connectivity index (χ0v) is 9.99. The van der Waals surface area contributed by atoms with E-state index in [4.69, 9.17) is 4.74 Å². The predicted molar refractivity (Wildman–Crippen MR) is 68.6 cm³/mol. The molecule has 0 bridgehead atoms. The van der Waals surface area contributed by atoms with Gasteiger partial charge in [-0.1, -0.05) is 6.07 Å². The summed E-state index contributed by atoms with van der Waals surface area (Å²) in [6, 6.07) is 8.02. The lowest BCUT2D eigenvalue weighted by Gasteiger charge is -2.01. The first kappa shape index (κ1) is 11.5. The molecule has 2 aromatic rings. The minimum absolute atomic E-state index is 0.262. The van der Waals surface area contributed by atoms with Crippen molar-refractivity contribution in [3.63, 3.8) is 0 Å². The van der Waals surface area contributed by atoms with Crippen LogP contribution in [0.2, 0.25) is 0 Å². The van der Waals surface area contributed by atoms with Crippen LogP contribution >= 0.6 is 0 Å². The molecule has 0 amide bonds. The Hall–Kier alpha value is -2.03. The second-order valence-electron chi connectivity index (χ2n) is 3.87. The van der Waals surface area contributed by atoms with Crippen LogP contribution in [0.4, 0.5) is 0 Å². The van der Waals surface area contributed by atoms with Crippen molar-refractivity contribution in [3.05, 3.63) is 41.6 Å². The fraction of sp³-hybridized carbons (Fsp3) is 0.214. The predicted octanol–water partition coefficient (Wildman–Crippen LogP) is 3.13. The summed E-state index contributed by atoms with van der Waals surface area (Å²) < 4.78 is 4.93. The number of hydrogen-bond acceptors (Lipinski definition) is 2. The van der Waals surface area contributed by atoms with Crippen molar-refractivity contribution in [1.82, 2.24) is 4.98 Å². The van der Waals surface area contributed by atoms with Crippen molar-refractivity contribution in [2.24, 2.45) is 0 Å². The van der Waals surface area contributed by atoms with Crippen LogP contribution in [-0.4, -0.2) is 17.6 Å². The zero-order valence-electron chi connectivity index (χ0n) is 9.99. The Morgan fingerprint density at radius 1 is 1.41 bits per heavy atom. The summed E-state index contributed by atoms with van der Waals surface area (Å²) in [5.41, 5.74) is 2.71. The van der Waals surface area contributed by atoms with Crippen LogP contribution < -0.4 is 0 Å². The van der Waals surface area contributed by atoms with E-state index in [-0.39, 0.29) is 5.97 Å². The number of carbonyl (C=O) groups is 1. The molecule has 0 fully saturated rings. The first-order valence-electron chi connectivity index (χ1n) is 5.63. The van der Waals surface area contributed by atoms with Crippen LogP contribution in [0.15, 0.2) is 36.0 Å². The van der Waals surface area contributed by atoms with E-state index < -0.39 is 0 Å². The van der Waals surface area contributed by atoms with Crippen LogP contribution in [0.5, 0.6) is 0 Å². The van der Waals surface area contributed by atoms with Crippen LogP contribution in [-0.2, 0) is 9.53 Å². The van der Waals surface area contributed by atoms with Gasteiger partial charge in [0.25, 0.3) is 0 Å². The summed E-state index contributed by atoms with van der Waals surface area (Å²) >= 11 is 0. The minimum Gasteiger partial charge on any atom is -0.463 e. The second-order valence-corrected chi connectivity index (χ2v) is 3.87. The highest BCUT2D eigenvalue weighted by molar-refractivity contribution is 5.93. The molecule has 17 heavy (non-hydrogen) atoms. The van der Waals surface area contributed by atoms with Crippen molar-refractivity contribution in [2.45, 2.75) is 13.8 Å². The summed E-state index contributed by atoms with van der Waals surface area (Å²) in [6.07, 6.45) is 3.74. The molecule has 0 unspecified atom stereocenters. The maximum absolute atomic E-state index is 11.5. The lowest BCUT2D eigenvalue weighted by molar-refractivity contribution is -0.138. The third-order valence-electron chi connectivity index (χ3n) is 2.56. The number of rotatable bonds is 3. The summed E-state index contributed by atoms with van der Waals surface area (Å²) in [4.78, 5) is 14.6. The van der Waals surface area contributed by atoms with Gasteiger partial charge in [-0.25, -0.2) is 4.79 Å². The van der Waals surface area contributed by atoms with Crippen molar-refractivity contribution < 1.29 is 9.53 Å². The van der Waals surface area contributed by atoms with Gasteiger partial charge in [-0.05, 0) is 49.1 Å². The van der Waals surface area contributed by atoms with Gasteiger partial charge >= 0.3 is 5.97 Å². The normalized spacial score (nSPS) is 11.8. The Morgan fingerprint density at radius 2 is 2.24 bits per heavy atom. The SMILES string of the molecule is CCOC(=O)C(C)=Cc1ccc2[nH]ccc2c1. The van der Waals surface area contributed by atoms with E-state index >= 15 is 0 Å². The van der Waals surface area contributed by atoms with Crippen molar-refractivity contribution in [3.8, 4) is 0 Å². The van der Waals surface area contributed by atoms with Gasteiger partial charge in [0.05, 0.1) is 6.61 Å². The van der Waals surface area contributed by atoms with Gasteiger partial charge in [0, 0.05) is 17.3 Å². The summed E-state index contributed by atoms with van der Waals surface area (Å²) in [5.74, 6) is -0.262. The van der Waals surface area contributed by atoms with Crippen LogP contribution in [0.1, 0.15) is 19.4 Å². The van der Waals surface area contributed by atoms with E-state index in [0.717, 1.165) is 16.5 Å². The Bertz CT molecular complexity index is 566. The number of benzene rings is 1. The van der Waals surface area contributed by atoms with Gasteiger partial charge in [-0.15, -0.1) is 0 Å². The number of aromatic amines is 1. The lowest BCUT2D eigenvalue weighted by Crippen LogP contribution is -2.04. The van der Waals surface area contributed by atoms with Gasteiger partial charge in [-0.3, -0.25) is 0 Å². The summed E-state index contributed by atoms with van der Waals surface area (Å²) in [6.45, 7) is 3.97. The van der Waals surface area contributed by atoms with Crippen LogP contribution in [0, 0.1) is 0 Å². The minimum atomic E-state index is -0.262. The molecule has 3 nitrogen and oxygen atoms in total. The van der Waals surface area contributed by atoms with Gasteiger partial charge in [0.15, 0.2) is 0 Å². The Kier molecular flexibility index (Phi) is 3.28. The van der Waals surface area contributed by atoms with E-state index in [0.29, 0.717) is 12.2 Å². The number of fused-ring (bicyclic) bond motifs is 1. The molecule has 0 saturated heterocycles. The second kappa shape index (κ2) is 4.87. The highest BCUT2D eigenvalue weighted by Crippen LogP contribution is 2.16. The van der Waals surface area contributed by atoms with E-state index in [1.54, 1.807) is 13.8 Å². The summed E-state index contributed by atoms with van der Waals surface area (Å²) in [7, 11) is 0. The molecule has 1 N–H and O–H groups in total. The monoisotopic (exact) mass is 229 g/mol. The number of nitrogens with one attached hydrogen (secondary N) is 1. The maximum atomic E-state index is 11.5. The molecule has 0 aliphatic rings. The Labute approximate surface area is 100 Å². The molecular weight excluding hydrogens is 214 g/mol. The standard InChI is InChI=1S/C14H15NO2/c1-3-17-14(16)10(2)8-11-4-5-13-12(9-11)6-7-15-13/h4-9,15H,3H2,1-2H3. The maximum Gasteiger partial charge on any atom is 0.333 e. The molecule has 3 heteroatoms. The molecule has 1 heterocycles. The van der Waals surface area contributed by atoms with E-state index in [2.05, 4.69) is 4.98 Å². The number of aromatic nitrogens is 1. The fourth-order valence-corrected chi connectivity index (χ4v) is 1.72. The van der Waals surface area contributed by atoms with Gasteiger partial charge in [0.2, 0.25) is 0 Å². The van der Waals surface area contributed by atoms with Crippen molar-refractivity contribution >= 4 is 22.9 Å². The smallest absolute Gasteiger partial charge is 0.333 e. The van der Waals surface area contributed by atoms with Crippen LogP contribution in [0.25, 0.3) is 17.0 Å². The largest absolute Gasteiger partial charge is 0.463 e. The van der Waals surface area contributed by atoms with Gasteiger partial charge in [0.1, 0.15) is 0 Å². The molecule has 1 aromatic heterocycles. The molecule has 0 aliphatic carbocycles. The molecule has 88 valence electrons. The molecule has 0 atom stereocenters. The average Bonchev–Trinajstić information content (AvgIpc) is 2.76. The number of esters is 1. The molecule has 0 aliphatic heterocycles. The third kappa shape index (κ3) is 2.56. The molecule has 2 rings (SSSR count). The van der Waals surface area contributed by atoms with E-state index in [1.165, 1.54) is 0 Å². The Morgan fingerprint density at radius 3 is 3.00 bits per heavy atom. The summed E-state index contributed by atoms with van der Waals surface area (Å²) in [5, 5.41) is 1.13. The molecule has 0 radical (unpaired) electrons. The molecular formula is C14H15NO2. The van der Waals surface area contributed by atoms with E-state index in [1.807, 2.05) is 36.5 Å². The molecule has 1 aromatic carbocycles. The average molecular weight is 229 g/mol. The number of H-pyrrole nitrogens is 1. The fourth-order valence-electron chi connectivity index (χ4n) is 1.72. The Balaban J connectivity index is 2.27. The molecule has 0 saturated carbocycles. The van der Waals surface area contributed by atoms with Crippen LogP contribution in [0.3, 0.4) is 0 Å². The number of carbonyl (C=O) groups excluding carboxylic acids is 1. The quantitative estimate of drug-likeness (QED) is 0.649. The first-order chi connectivity index (χ1) is 8.20.